The van der Waals surface area contributed by atoms with Crippen LogP contribution in [0.3, 0.4) is 0 Å². The van der Waals surface area contributed by atoms with Crippen LogP contribution < -0.4 is 0 Å². The molecule has 0 N–H and O–H groups in total. The Balaban J connectivity index is 0. The highest BCUT2D eigenvalue weighted by atomic mass is 15.1. The molecule has 1 aliphatic rings. The number of hydrogen-bond donors (Lipinski definition) is 0. The van der Waals surface area contributed by atoms with E-state index < -0.39 is 0 Å². The average molecular weight is 402 g/mol. The van der Waals surface area contributed by atoms with Gasteiger partial charge in [0.05, 0.1) is 0 Å². The molecule has 1 aromatic rings. The molecule has 0 aromatic heterocycles. The van der Waals surface area contributed by atoms with Crippen molar-refractivity contribution in [3.05, 3.63) is 47.0 Å². The van der Waals surface area contributed by atoms with Crippen molar-refractivity contribution in [3.63, 3.8) is 0 Å². The van der Waals surface area contributed by atoms with Gasteiger partial charge in [0.25, 0.3) is 0 Å². The number of piperidine rings is 1. The summed E-state index contributed by atoms with van der Waals surface area (Å²) in [6, 6.07) is 6.61. The van der Waals surface area contributed by atoms with E-state index in [0.29, 0.717) is 0 Å². The van der Waals surface area contributed by atoms with E-state index in [4.69, 9.17) is 0 Å². The van der Waals surface area contributed by atoms with Crippen LogP contribution in [0, 0.1) is 6.92 Å². The highest BCUT2D eigenvalue weighted by molar-refractivity contribution is 5.74. The maximum absolute atomic E-state index is 4.01. The van der Waals surface area contributed by atoms with Crippen LogP contribution >= 0.6 is 0 Å². The van der Waals surface area contributed by atoms with Gasteiger partial charge in [-0.3, -0.25) is 0 Å². The van der Waals surface area contributed by atoms with Crippen molar-refractivity contribution in [1.29, 1.82) is 0 Å². The normalized spacial score (nSPS) is 12.9. The zero-order valence-corrected chi connectivity index (χ0v) is 21.5. The lowest BCUT2D eigenvalue weighted by molar-refractivity contribution is 0.229. The molecule has 0 saturated carbocycles. The van der Waals surface area contributed by atoms with E-state index in [1.807, 2.05) is 27.7 Å². The largest absolute Gasteiger partial charge is 0.303 e. The number of aryl methyl sites for hydroxylation is 1. The smallest absolute Gasteiger partial charge is 0.00187 e. The third-order valence-electron chi connectivity index (χ3n) is 5.00. The first-order valence-corrected chi connectivity index (χ1v) is 12.1. The molecule has 1 fully saturated rings. The van der Waals surface area contributed by atoms with E-state index >= 15 is 0 Å². The summed E-state index contributed by atoms with van der Waals surface area (Å²) in [4.78, 5) is 2.57. The maximum Gasteiger partial charge on any atom is -0.00187 e. The molecule has 2 rings (SSSR count). The van der Waals surface area contributed by atoms with E-state index in [0.717, 1.165) is 12.0 Å². The van der Waals surface area contributed by atoms with Crippen LogP contribution in [0.1, 0.15) is 111 Å². The summed E-state index contributed by atoms with van der Waals surface area (Å²) in [6.45, 7) is 29.1. The maximum atomic E-state index is 4.01. The van der Waals surface area contributed by atoms with Crippen molar-refractivity contribution in [2.75, 3.05) is 19.6 Å². The molecule has 29 heavy (non-hydrogen) atoms. The zero-order chi connectivity index (χ0) is 22.8. The minimum absolute atomic E-state index is 1.09. The fourth-order valence-corrected chi connectivity index (χ4v) is 3.53. The predicted molar refractivity (Wildman–Crippen MR) is 138 cm³/mol. The number of likely N-dealkylation sites (tertiary alicyclic amines) is 1. The topological polar surface area (TPSA) is 3.24 Å². The number of allylic oxidation sites excluding steroid dienone is 3. The van der Waals surface area contributed by atoms with Crippen LogP contribution in [0.25, 0.3) is 11.1 Å². The van der Waals surface area contributed by atoms with Gasteiger partial charge in [0.15, 0.2) is 0 Å². The van der Waals surface area contributed by atoms with Gasteiger partial charge in [-0.2, -0.15) is 0 Å². The summed E-state index contributed by atoms with van der Waals surface area (Å²) < 4.78 is 0. The number of rotatable bonds is 5. The van der Waals surface area contributed by atoms with E-state index in [-0.39, 0.29) is 0 Å². The Labute approximate surface area is 184 Å². The third-order valence-corrected chi connectivity index (χ3v) is 5.00. The third kappa shape index (κ3) is 12.1. The molecular weight excluding hydrogens is 350 g/mol. The van der Waals surface area contributed by atoms with Crippen molar-refractivity contribution in [2.24, 2.45) is 0 Å². The average Bonchev–Trinajstić information content (AvgIpc) is 2.74. The van der Waals surface area contributed by atoms with Gasteiger partial charge in [-0.15, -0.1) is 0 Å². The van der Waals surface area contributed by atoms with Gasteiger partial charge >= 0.3 is 0 Å². The van der Waals surface area contributed by atoms with Crippen LogP contribution in [0.2, 0.25) is 0 Å². The second-order valence-corrected chi connectivity index (χ2v) is 7.54. The van der Waals surface area contributed by atoms with E-state index in [1.165, 1.54) is 73.2 Å². The van der Waals surface area contributed by atoms with Gasteiger partial charge in [-0.1, -0.05) is 77.8 Å². The molecule has 0 radical (unpaired) electrons. The number of nitrogens with zero attached hydrogens (tertiary/aromatic N) is 1. The Morgan fingerprint density at radius 3 is 1.90 bits per heavy atom. The second-order valence-electron chi connectivity index (χ2n) is 7.54. The van der Waals surface area contributed by atoms with Crippen LogP contribution in [0.15, 0.2) is 30.4 Å². The Hall–Kier alpha value is -1.34. The molecule has 0 unspecified atom stereocenters. The molecule has 0 amide bonds. The molecule has 168 valence electrons. The molecule has 1 aromatic carbocycles. The van der Waals surface area contributed by atoms with E-state index in [9.17, 15) is 0 Å². The van der Waals surface area contributed by atoms with Crippen molar-refractivity contribution in [3.8, 4) is 0 Å². The number of hydrogen-bond acceptors (Lipinski definition) is 1. The summed E-state index contributed by atoms with van der Waals surface area (Å²) >= 11 is 0. The Morgan fingerprint density at radius 1 is 0.931 bits per heavy atom. The summed E-state index contributed by atoms with van der Waals surface area (Å²) in [5.41, 5.74) is 7.97. The Bertz CT molecular complexity index is 567. The van der Waals surface area contributed by atoms with Crippen LogP contribution in [0.4, 0.5) is 0 Å². The first-order valence-electron chi connectivity index (χ1n) is 12.1. The number of benzene rings is 1. The summed E-state index contributed by atoms with van der Waals surface area (Å²) in [5, 5.41) is 0. The minimum Gasteiger partial charge on any atom is -0.303 e. The molecule has 1 aliphatic heterocycles. The standard InChI is InChI=1S/C16H22.C8H17N.2C2H6/c1-7-15(12(4)5)16-10-14(11(2)3)9-8-13(16)6;1-2-6-9-7-4-3-5-8-9;2*1-2/h8-10H,2,7H2,1,3-6H3;2-8H2,1H3;2*1-2H3. The quantitative estimate of drug-likeness (QED) is 0.475. The van der Waals surface area contributed by atoms with Crippen molar-refractivity contribution < 1.29 is 0 Å². The molecule has 0 aliphatic carbocycles. The van der Waals surface area contributed by atoms with Gasteiger partial charge in [-0.25, -0.2) is 0 Å². The lowest BCUT2D eigenvalue weighted by Gasteiger charge is -2.25. The second kappa shape index (κ2) is 18.7. The zero-order valence-electron chi connectivity index (χ0n) is 21.5. The van der Waals surface area contributed by atoms with Crippen molar-refractivity contribution in [2.45, 2.75) is 101 Å². The first kappa shape index (κ1) is 29.9. The SMILES string of the molecule is C=C(C)c1ccc(C)c(C(CC)=C(C)C)c1.CC.CC.CCCN1CCCCC1. The first-order chi connectivity index (χ1) is 13.9. The fraction of sp³-hybridized carbons (Fsp3) is 0.643. The van der Waals surface area contributed by atoms with Gasteiger partial charge in [-0.05, 0) is 101 Å². The lowest BCUT2D eigenvalue weighted by atomic mass is 9.92. The molecule has 0 bridgehead atoms. The highest BCUT2D eigenvalue weighted by Crippen LogP contribution is 2.27. The Morgan fingerprint density at radius 2 is 1.48 bits per heavy atom. The van der Waals surface area contributed by atoms with Gasteiger partial charge in [0, 0.05) is 0 Å². The van der Waals surface area contributed by atoms with Crippen LogP contribution in [0.5, 0.6) is 0 Å². The predicted octanol–water partition coefficient (Wildman–Crippen LogP) is 9.17. The molecule has 1 nitrogen and oxygen atoms in total. The summed E-state index contributed by atoms with van der Waals surface area (Å²) in [7, 11) is 0. The molecule has 1 heterocycles. The molecule has 1 saturated heterocycles. The molecule has 1 heteroatoms. The minimum atomic E-state index is 1.09. The highest BCUT2D eigenvalue weighted by Gasteiger charge is 2.07. The monoisotopic (exact) mass is 401 g/mol. The summed E-state index contributed by atoms with van der Waals surface area (Å²) in [6.07, 6.45) is 6.73. The van der Waals surface area contributed by atoms with Gasteiger partial charge in [0.1, 0.15) is 0 Å². The Kier molecular flexibility index (Phi) is 19.2. The molecule has 0 atom stereocenters. The lowest BCUT2D eigenvalue weighted by Crippen LogP contribution is -2.30. The van der Waals surface area contributed by atoms with Crippen LogP contribution in [-0.4, -0.2) is 24.5 Å². The van der Waals surface area contributed by atoms with Gasteiger partial charge < -0.3 is 4.90 Å². The van der Waals surface area contributed by atoms with E-state index in [1.54, 1.807) is 0 Å². The van der Waals surface area contributed by atoms with E-state index in [2.05, 4.69) is 71.2 Å². The van der Waals surface area contributed by atoms with Crippen molar-refractivity contribution >= 4 is 11.1 Å². The summed E-state index contributed by atoms with van der Waals surface area (Å²) in [5.74, 6) is 0. The molecule has 0 spiro atoms. The molecular formula is C28H51N. The van der Waals surface area contributed by atoms with Gasteiger partial charge in [0.2, 0.25) is 0 Å². The van der Waals surface area contributed by atoms with Crippen molar-refractivity contribution in [1.82, 2.24) is 4.90 Å². The van der Waals surface area contributed by atoms with Crippen LogP contribution in [-0.2, 0) is 0 Å². The fourth-order valence-electron chi connectivity index (χ4n) is 3.53.